The van der Waals surface area contributed by atoms with Crippen LogP contribution in [0.15, 0.2) is 79.0 Å². The highest BCUT2D eigenvalue weighted by Gasteiger charge is 2.16. The smallest absolute Gasteiger partial charge is 0.328 e. The molecule has 0 saturated heterocycles. The summed E-state index contributed by atoms with van der Waals surface area (Å²) in [6.07, 6.45) is 5.06. The number of halogens is 1. The van der Waals surface area contributed by atoms with Crippen molar-refractivity contribution < 1.29 is 14.3 Å². The molecule has 0 spiro atoms. The van der Waals surface area contributed by atoms with Crippen LogP contribution in [0.4, 0.5) is 4.39 Å². The Labute approximate surface area is 179 Å². The molecule has 0 aliphatic carbocycles. The van der Waals surface area contributed by atoms with E-state index in [1.807, 2.05) is 55.5 Å². The van der Waals surface area contributed by atoms with Crippen LogP contribution in [0.5, 0.6) is 0 Å². The van der Waals surface area contributed by atoms with Crippen LogP contribution in [0.3, 0.4) is 0 Å². The predicted molar refractivity (Wildman–Crippen MR) is 122 cm³/mol. The van der Waals surface area contributed by atoms with Crippen LogP contribution >= 0.6 is 0 Å². The first-order valence-electron chi connectivity index (χ1n) is 10.00. The molecule has 4 aromatic rings. The summed E-state index contributed by atoms with van der Waals surface area (Å²) in [5.74, 6) is -1.26. The van der Waals surface area contributed by atoms with E-state index in [1.165, 1.54) is 6.07 Å². The van der Waals surface area contributed by atoms with Gasteiger partial charge in [-0.25, -0.2) is 9.18 Å². The SMILES string of the molecule is CC/C(=C(/c1ccc(/C=C/C(=O)O)cc1)c1ccc2[nH]ncc2c1)c1ccccc1F. The minimum atomic E-state index is -0.995. The summed E-state index contributed by atoms with van der Waals surface area (Å²) in [5.41, 5.74) is 6.00. The van der Waals surface area contributed by atoms with Gasteiger partial charge < -0.3 is 5.11 Å². The van der Waals surface area contributed by atoms with Crippen LogP contribution in [-0.2, 0) is 4.79 Å². The zero-order valence-corrected chi connectivity index (χ0v) is 17.0. The van der Waals surface area contributed by atoms with E-state index in [9.17, 15) is 9.18 Å². The third kappa shape index (κ3) is 4.31. The molecule has 0 aliphatic rings. The van der Waals surface area contributed by atoms with Crippen molar-refractivity contribution in [2.24, 2.45) is 0 Å². The molecule has 1 aromatic heterocycles. The number of carboxylic acid groups (broad SMARTS) is 1. The molecular formula is C26H21FN2O2. The van der Waals surface area contributed by atoms with Crippen molar-refractivity contribution in [2.75, 3.05) is 0 Å². The Bertz CT molecular complexity index is 1300. The molecule has 3 aromatic carbocycles. The first-order valence-corrected chi connectivity index (χ1v) is 10.00. The van der Waals surface area contributed by atoms with Crippen molar-refractivity contribution in [1.29, 1.82) is 0 Å². The number of carboxylic acids is 1. The van der Waals surface area contributed by atoms with Gasteiger partial charge in [0.1, 0.15) is 5.82 Å². The van der Waals surface area contributed by atoms with Gasteiger partial charge >= 0.3 is 5.97 Å². The minimum absolute atomic E-state index is 0.262. The first kappa shape index (κ1) is 20.3. The van der Waals surface area contributed by atoms with Gasteiger partial charge in [0.2, 0.25) is 0 Å². The van der Waals surface area contributed by atoms with E-state index in [-0.39, 0.29) is 5.82 Å². The van der Waals surface area contributed by atoms with E-state index in [0.29, 0.717) is 12.0 Å². The molecule has 1 heterocycles. The number of aliphatic carboxylic acids is 1. The topological polar surface area (TPSA) is 66.0 Å². The van der Waals surface area contributed by atoms with Gasteiger partial charge in [0, 0.05) is 17.0 Å². The number of aromatic nitrogens is 2. The van der Waals surface area contributed by atoms with Gasteiger partial charge in [0.05, 0.1) is 11.7 Å². The molecule has 4 nitrogen and oxygen atoms in total. The molecule has 0 bridgehead atoms. The number of allylic oxidation sites excluding steroid dienone is 1. The van der Waals surface area contributed by atoms with Crippen molar-refractivity contribution in [3.8, 4) is 0 Å². The molecule has 154 valence electrons. The second-order valence-corrected chi connectivity index (χ2v) is 7.15. The zero-order chi connectivity index (χ0) is 21.8. The maximum Gasteiger partial charge on any atom is 0.328 e. The van der Waals surface area contributed by atoms with Gasteiger partial charge in [-0.05, 0) is 58.5 Å². The highest BCUT2D eigenvalue weighted by atomic mass is 19.1. The fraction of sp³-hybridized carbons (Fsp3) is 0.0769. The molecule has 2 N–H and O–H groups in total. The van der Waals surface area contributed by atoms with Crippen LogP contribution < -0.4 is 0 Å². The zero-order valence-electron chi connectivity index (χ0n) is 17.0. The fourth-order valence-electron chi connectivity index (χ4n) is 3.75. The molecule has 0 radical (unpaired) electrons. The Morgan fingerprint density at radius 1 is 1.06 bits per heavy atom. The lowest BCUT2D eigenvalue weighted by molar-refractivity contribution is -0.131. The van der Waals surface area contributed by atoms with E-state index >= 15 is 0 Å². The quantitative estimate of drug-likeness (QED) is 0.294. The van der Waals surface area contributed by atoms with E-state index in [1.54, 1.807) is 24.4 Å². The number of fused-ring (bicyclic) bond motifs is 1. The molecule has 0 atom stereocenters. The summed E-state index contributed by atoms with van der Waals surface area (Å²) in [5, 5.41) is 16.9. The summed E-state index contributed by atoms with van der Waals surface area (Å²) in [6.45, 7) is 2.02. The maximum absolute atomic E-state index is 14.7. The monoisotopic (exact) mass is 412 g/mol. The minimum Gasteiger partial charge on any atom is -0.478 e. The molecule has 0 saturated carbocycles. The fourth-order valence-corrected chi connectivity index (χ4v) is 3.75. The van der Waals surface area contributed by atoms with Crippen LogP contribution in [0.2, 0.25) is 0 Å². The Hall–Kier alpha value is -3.99. The Balaban J connectivity index is 1.92. The standard InChI is InChI=1S/C26H21FN2O2/c1-2-21(22-5-3-4-6-23(22)27)26(19-12-13-24-20(15-19)16-28-29-24)18-10-7-17(8-11-18)9-14-25(30)31/h3-16H,2H2,1H3,(H,28,29)(H,30,31)/b14-9+,26-21+. The molecule has 0 aliphatic heterocycles. The van der Waals surface area contributed by atoms with E-state index in [4.69, 9.17) is 5.11 Å². The van der Waals surface area contributed by atoms with Gasteiger partial charge in [-0.1, -0.05) is 55.5 Å². The lowest BCUT2D eigenvalue weighted by Gasteiger charge is -2.17. The predicted octanol–water partition coefficient (Wildman–Crippen LogP) is 6.17. The number of nitrogens with one attached hydrogen (secondary N) is 1. The number of nitrogens with zero attached hydrogens (tertiary/aromatic N) is 1. The maximum atomic E-state index is 14.7. The molecule has 0 fully saturated rings. The second-order valence-electron chi connectivity index (χ2n) is 7.15. The Morgan fingerprint density at radius 3 is 2.52 bits per heavy atom. The van der Waals surface area contributed by atoms with E-state index in [0.717, 1.165) is 44.8 Å². The molecule has 4 rings (SSSR count). The number of benzene rings is 3. The third-order valence-electron chi connectivity index (χ3n) is 5.20. The van der Waals surface area contributed by atoms with Gasteiger partial charge in [-0.3, -0.25) is 5.10 Å². The summed E-state index contributed by atoms with van der Waals surface area (Å²) >= 11 is 0. The average molecular weight is 412 g/mol. The van der Waals surface area contributed by atoms with Crippen LogP contribution in [-0.4, -0.2) is 21.3 Å². The largest absolute Gasteiger partial charge is 0.478 e. The van der Waals surface area contributed by atoms with Crippen molar-refractivity contribution in [1.82, 2.24) is 10.2 Å². The van der Waals surface area contributed by atoms with E-state index < -0.39 is 5.97 Å². The number of aromatic amines is 1. The normalized spacial score (nSPS) is 12.3. The number of H-pyrrole nitrogens is 1. The van der Waals surface area contributed by atoms with Gasteiger partial charge in [0.25, 0.3) is 0 Å². The summed E-state index contributed by atoms with van der Waals surface area (Å²) in [6, 6.07) is 20.4. The van der Waals surface area contributed by atoms with Crippen molar-refractivity contribution in [3.05, 3.63) is 107 Å². The molecular weight excluding hydrogens is 391 g/mol. The van der Waals surface area contributed by atoms with Crippen LogP contribution in [0.1, 0.15) is 35.6 Å². The highest BCUT2D eigenvalue weighted by molar-refractivity contribution is 6.00. The lowest BCUT2D eigenvalue weighted by Crippen LogP contribution is -1.97. The summed E-state index contributed by atoms with van der Waals surface area (Å²) in [7, 11) is 0. The molecule has 0 unspecified atom stereocenters. The van der Waals surface area contributed by atoms with Crippen LogP contribution in [0.25, 0.3) is 28.1 Å². The lowest BCUT2D eigenvalue weighted by atomic mass is 9.87. The van der Waals surface area contributed by atoms with Gasteiger partial charge in [0.15, 0.2) is 0 Å². The van der Waals surface area contributed by atoms with Gasteiger partial charge in [-0.2, -0.15) is 5.10 Å². The molecule has 31 heavy (non-hydrogen) atoms. The summed E-state index contributed by atoms with van der Waals surface area (Å²) in [4.78, 5) is 10.8. The number of hydrogen-bond donors (Lipinski definition) is 2. The number of hydrogen-bond acceptors (Lipinski definition) is 2. The van der Waals surface area contributed by atoms with Crippen molar-refractivity contribution in [2.45, 2.75) is 13.3 Å². The second kappa shape index (κ2) is 8.79. The molecule has 5 heteroatoms. The summed E-state index contributed by atoms with van der Waals surface area (Å²) < 4.78 is 14.7. The Kier molecular flexibility index (Phi) is 5.76. The molecule has 0 amide bonds. The van der Waals surface area contributed by atoms with Gasteiger partial charge in [-0.15, -0.1) is 0 Å². The highest BCUT2D eigenvalue weighted by Crippen LogP contribution is 2.36. The van der Waals surface area contributed by atoms with Crippen molar-refractivity contribution in [3.63, 3.8) is 0 Å². The number of carbonyl (C=O) groups is 1. The Morgan fingerprint density at radius 2 is 1.81 bits per heavy atom. The average Bonchev–Trinajstić information content (AvgIpc) is 3.25. The van der Waals surface area contributed by atoms with E-state index in [2.05, 4.69) is 10.2 Å². The first-order chi connectivity index (χ1) is 15.1. The van der Waals surface area contributed by atoms with Crippen LogP contribution in [0, 0.1) is 5.82 Å². The third-order valence-corrected chi connectivity index (χ3v) is 5.20. The van der Waals surface area contributed by atoms with Crippen molar-refractivity contribution >= 4 is 34.1 Å². The number of rotatable bonds is 6.